The zero-order valence-corrected chi connectivity index (χ0v) is 28.3. The third kappa shape index (κ3) is 8.31. The Hall–Kier alpha value is -4.94. The molecule has 0 unspecified atom stereocenters. The highest BCUT2D eigenvalue weighted by atomic mass is 19.1. The summed E-state index contributed by atoms with van der Waals surface area (Å²) in [5.41, 5.74) is 2.38. The standard InChI is InChI=1S/C36H43FN6O5/c1-24(2)42-18-16-41(17-19-42)20-21-47-31-13-10-27(22-29(31)37)39-35-38-15-14-33(40-35)43(30-12-11-28(45-5)23-32(30)46-6)36(44)48-34-25(3)8-7-9-26(34)4/h7-15,22-24H,16-21H2,1-6H3,(H,38,39,40). The number of carbonyl (C=O) groups excluding carboxylic acids is 1. The summed E-state index contributed by atoms with van der Waals surface area (Å²) in [5.74, 6) is 1.34. The van der Waals surface area contributed by atoms with Crippen molar-refractivity contribution in [1.29, 1.82) is 0 Å². The lowest BCUT2D eigenvalue weighted by atomic mass is 10.1. The summed E-state index contributed by atoms with van der Waals surface area (Å²) in [5, 5.41) is 3.03. The third-order valence-electron chi connectivity index (χ3n) is 8.27. The van der Waals surface area contributed by atoms with Crippen LogP contribution < -0.4 is 29.2 Å². The molecule has 0 spiro atoms. The maximum atomic E-state index is 15.1. The number of aromatic nitrogens is 2. The monoisotopic (exact) mass is 658 g/mol. The second-order valence-corrected chi connectivity index (χ2v) is 11.8. The second-order valence-electron chi connectivity index (χ2n) is 11.8. The number of methoxy groups -OCH3 is 2. The maximum Gasteiger partial charge on any atom is 0.425 e. The van der Waals surface area contributed by atoms with Gasteiger partial charge in [-0.05, 0) is 63.1 Å². The fraction of sp³-hybridized carbons (Fsp3) is 0.361. The fourth-order valence-corrected chi connectivity index (χ4v) is 5.52. The lowest BCUT2D eigenvalue weighted by Gasteiger charge is -2.36. The number of ether oxygens (including phenoxy) is 4. The van der Waals surface area contributed by atoms with Crippen molar-refractivity contribution in [1.82, 2.24) is 19.8 Å². The molecule has 0 bridgehead atoms. The Morgan fingerprint density at radius 3 is 2.38 bits per heavy atom. The average molecular weight is 659 g/mol. The summed E-state index contributed by atoms with van der Waals surface area (Å²) in [6.45, 7) is 13.3. The Bertz CT molecular complexity index is 1690. The molecule has 11 nitrogen and oxygen atoms in total. The fourth-order valence-electron chi connectivity index (χ4n) is 5.52. The Balaban J connectivity index is 1.33. The first-order valence-corrected chi connectivity index (χ1v) is 16.0. The molecule has 4 aromatic rings. The summed E-state index contributed by atoms with van der Waals surface area (Å²) in [7, 11) is 3.04. The number of nitrogens with one attached hydrogen (secondary N) is 1. The van der Waals surface area contributed by atoms with Gasteiger partial charge in [0.15, 0.2) is 11.6 Å². The highest BCUT2D eigenvalue weighted by molar-refractivity contribution is 5.98. The van der Waals surface area contributed by atoms with Crippen LogP contribution >= 0.6 is 0 Å². The van der Waals surface area contributed by atoms with E-state index in [9.17, 15) is 4.79 Å². The number of piperazine rings is 1. The topological polar surface area (TPSA) is 102 Å². The Morgan fingerprint density at radius 1 is 0.958 bits per heavy atom. The van der Waals surface area contributed by atoms with Gasteiger partial charge in [0.1, 0.15) is 29.7 Å². The van der Waals surface area contributed by atoms with Gasteiger partial charge >= 0.3 is 6.09 Å². The minimum atomic E-state index is -0.713. The van der Waals surface area contributed by atoms with E-state index < -0.39 is 11.9 Å². The smallest absolute Gasteiger partial charge is 0.425 e. The van der Waals surface area contributed by atoms with Crippen LogP contribution in [0.5, 0.6) is 23.0 Å². The predicted molar refractivity (Wildman–Crippen MR) is 184 cm³/mol. The number of nitrogens with zero attached hydrogens (tertiary/aromatic N) is 5. The first kappa shape index (κ1) is 34.4. The molecule has 1 aliphatic heterocycles. The first-order chi connectivity index (χ1) is 23.2. The van der Waals surface area contributed by atoms with Gasteiger partial charge in [0.2, 0.25) is 5.95 Å². The van der Waals surface area contributed by atoms with E-state index in [4.69, 9.17) is 18.9 Å². The van der Waals surface area contributed by atoms with Gasteiger partial charge in [-0.1, -0.05) is 18.2 Å². The van der Waals surface area contributed by atoms with Crippen LogP contribution in [0.15, 0.2) is 66.9 Å². The van der Waals surface area contributed by atoms with Crippen molar-refractivity contribution in [3.8, 4) is 23.0 Å². The highest BCUT2D eigenvalue weighted by Gasteiger charge is 2.27. The van der Waals surface area contributed by atoms with Gasteiger partial charge in [-0.25, -0.2) is 19.1 Å². The van der Waals surface area contributed by atoms with E-state index in [0.29, 0.717) is 41.3 Å². The number of hydrogen-bond acceptors (Lipinski definition) is 10. The molecule has 0 aliphatic carbocycles. The Labute approximate surface area is 281 Å². The van der Waals surface area contributed by atoms with E-state index in [1.54, 1.807) is 43.5 Å². The Morgan fingerprint density at radius 2 is 1.71 bits per heavy atom. The highest BCUT2D eigenvalue weighted by Crippen LogP contribution is 2.37. The quantitative estimate of drug-likeness (QED) is 0.176. The summed E-state index contributed by atoms with van der Waals surface area (Å²) in [6.07, 6.45) is 0.782. The van der Waals surface area contributed by atoms with Crippen molar-refractivity contribution in [2.45, 2.75) is 33.7 Å². The molecule has 3 aromatic carbocycles. The van der Waals surface area contributed by atoms with Crippen molar-refractivity contribution >= 4 is 29.2 Å². The van der Waals surface area contributed by atoms with Gasteiger partial charge in [-0.15, -0.1) is 0 Å². The normalized spacial score (nSPS) is 13.7. The van der Waals surface area contributed by atoms with E-state index >= 15 is 4.39 Å². The number of halogens is 1. The molecule has 254 valence electrons. The molecular formula is C36H43FN6O5. The number of rotatable bonds is 12. The molecule has 1 saturated heterocycles. The molecule has 12 heteroatoms. The van der Waals surface area contributed by atoms with Crippen LogP contribution in [0, 0.1) is 19.7 Å². The molecule has 1 fully saturated rings. The molecule has 1 amide bonds. The molecule has 1 N–H and O–H groups in total. The van der Waals surface area contributed by atoms with Crippen molar-refractivity contribution in [3.05, 3.63) is 83.8 Å². The zero-order chi connectivity index (χ0) is 34.2. The molecule has 5 rings (SSSR count). The summed E-state index contributed by atoms with van der Waals surface area (Å²) >= 11 is 0. The summed E-state index contributed by atoms with van der Waals surface area (Å²) in [4.78, 5) is 28.9. The molecular weight excluding hydrogens is 615 g/mol. The molecule has 0 radical (unpaired) electrons. The van der Waals surface area contributed by atoms with Gasteiger partial charge in [-0.2, -0.15) is 4.98 Å². The van der Waals surface area contributed by atoms with Crippen LogP contribution in [0.2, 0.25) is 0 Å². The maximum absolute atomic E-state index is 15.1. The van der Waals surface area contributed by atoms with Gasteiger partial charge in [0.05, 0.1) is 19.9 Å². The number of para-hydroxylation sites is 1. The number of benzene rings is 3. The lowest BCUT2D eigenvalue weighted by Crippen LogP contribution is -2.49. The van der Waals surface area contributed by atoms with Crippen LogP contribution in [-0.2, 0) is 0 Å². The van der Waals surface area contributed by atoms with Crippen LogP contribution in [0.4, 0.5) is 32.3 Å². The number of amides is 1. The third-order valence-corrected chi connectivity index (χ3v) is 8.27. The number of anilines is 4. The van der Waals surface area contributed by atoms with Crippen LogP contribution in [0.1, 0.15) is 25.0 Å². The van der Waals surface area contributed by atoms with Crippen LogP contribution in [0.3, 0.4) is 0 Å². The first-order valence-electron chi connectivity index (χ1n) is 16.0. The summed E-state index contributed by atoms with van der Waals surface area (Å²) in [6, 6.07) is 17.4. The van der Waals surface area contributed by atoms with Crippen molar-refractivity contribution in [2.75, 3.05) is 63.8 Å². The number of aryl methyl sites for hydroxylation is 2. The van der Waals surface area contributed by atoms with E-state index in [1.807, 2.05) is 32.0 Å². The zero-order valence-electron chi connectivity index (χ0n) is 28.3. The Kier molecular flexibility index (Phi) is 11.3. The van der Waals surface area contributed by atoms with Crippen LogP contribution in [-0.4, -0.2) is 85.5 Å². The second kappa shape index (κ2) is 15.8. The molecule has 1 aliphatic rings. The van der Waals surface area contributed by atoms with Gasteiger partial charge < -0.3 is 24.3 Å². The molecule has 1 aromatic heterocycles. The van der Waals surface area contributed by atoms with Gasteiger partial charge in [0, 0.05) is 68.8 Å². The average Bonchev–Trinajstić information content (AvgIpc) is 3.08. The lowest BCUT2D eigenvalue weighted by molar-refractivity contribution is 0.0965. The molecule has 48 heavy (non-hydrogen) atoms. The predicted octanol–water partition coefficient (Wildman–Crippen LogP) is 6.74. The molecule has 0 atom stereocenters. The van der Waals surface area contributed by atoms with Gasteiger partial charge in [-0.3, -0.25) is 9.80 Å². The van der Waals surface area contributed by atoms with Crippen molar-refractivity contribution < 1.29 is 28.1 Å². The minimum Gasteiger partial charge on any atom is -0.497 e. The van der Waals surface area contributed by atoms with Gasteiger partial charge in [0.25, 0.3) is 0 Å². The minimum absolute atomic E-state index is 0.137. The van der Waals surface area contributed by atoms with E-state index in [2.05, 4.69) is 38.9 Å². The number of hydrogen-bond donors (Lipinski definition) is 1. The van der Waals surface area contributed by atoms with Crippen molar-refractivity contribution in [3.63, 3.8) is 0 Å². The SMILES string of the molecule is COc1ccc(N(C(=O)Oc2c(C)cccc2C)c2ccnc(Nc3ccc(OCCN4CCN(C(C)C)CC4)c(F)c3)n2)c(OC)c1. The van der Waals surface area contributed by atoms with E-state index in [0.717, 1.165) is 43.9 Å². The van der Waals surface area contributed by atoms with Crippen molar-refractivity contribution in [2.24, 2.45) is 0 Å². The van der Waals surface area contributed by atoms with E-state index in [1.165, 1.54) is 24.3 Å². The molecule has 0 saturated carbocycles. The molecule has 2 heterocycles. The van der Waals surface area contributed by atoms with E-state index in [-0.39, 0.29) is 17.5 Å². The largest absolute Gasteiger partial charge is 0.497 e. The summed E-state index contributed by atoms with van der Waals surface area (Å²) < 4.78 is 37.8. The van der Waals surface area contributed by atoms with Crippen LogP contribution in [0.25, 0.3) is 0 Å². The number of carbonyl (C=O) groups is 1.